The van der Waals surface area contributed by atoms with E-state index in [1.54, 1.807) is 30.9 Å². The molecule has 2 rings (SSSR count). The van der Waals surface area contributed by atoms with Crippen molar-refractivity contribution in [3.05, 3.63) is 44.3 Å². The summed E-state index contributed by atoms with van der Waals surface area (Å²) in [6.07, 6.45) is 0. The normalized spacial score (nSPS) is 12.7. The Kier molecular flexibility index (Phi) is 4.14. The fourth-order valence-electron chi connectivity index (χ4n) is 1.85. The molecule has 2 aromatic rings. The Morgan fingerprint density at radius 2 is 2.11 bits per heavy atom. The molecule has 0 fully saturated rings. The van der Waals surface area contributed by atoms with Gasteiger partial charge in [0.1, 0.15) is 5.82 Å². The minimum atomic E-state index is -0.338. The highest BCUT2D eigenvalue weighted by Gasteiger charge is 2.25. The maximum atomic E-state index is 14.0. The van der Waals surface area contributed by atoms with Crippen LogP contribution in [0.3, 0.4) is 0 Å². The molecule has 0 radical (unpaired) electrons. The van der Waals surface area contributed by atoms with E-state index in [1.807, 2.05) is 0 Å². The molecule has 0 aliphatic rings. The Morgan fingerprint density at radius 3 is 2.61 bits per heavy atom. The number of nitrogens with one attached hydrogen (secondary N) is 1. The molecular weight excluding hydrogens is 367 g/mol. The van der Waals surface area contributed by atoms with E-state index in [4.69, 9.17) is 0 Å². The molecule has 1 atom stereocenters. The second kappa shape index (κ2) is 5.46. The predicted octanol–water partition coefficient (Wildman–Crippen LogP) is 2.79. The lowest BCUT2D eigenvalue weighted by Crippen LogP contribution is -2.22. The smallest absolute Gasteiger partial charge is 0.153 e. The number of rotatable bonds is 3. The maximum Gasteiger partial charge on any atom is 0.153 e. The summed E-state index contributed by atoms with van der Waals surface area (Å²) < 4.78 is 16.9. The lowest BCUT2D eigenvalue weighted by atomic mass is 10.0. The molecule has 7 heteroatoms. The van der Waals surface area contributed by atoms with Crippen LogP contribution in [0.15, 0.2) is 27.3 Å². The van der Waals surface area contributed by atoms with Crippen molar-refractivity contribution in [2.24, 2.45) is 7.05 Å². The fourth-order valence-corrected chi connectivity index (χ4v) is 2.98. The van der Waals surface area contributed by atoms with Crippen LogP contribution in [-0.2, 0) is 7.05 Å². The van der Waals surface area contributed by atoms with E-state index in [0.29, 0.717) is 14.6 Å². The van der Waals surface area contributed by atoms with Crippen molar-refractivity contribution in [3.8, 4) is 0 Å². The summed E-state index contributed by atoms with van der Waals surface area (Å²) in [6.45, 7) is 0. The molecule has 0 saturated heterocycles. The summed E-state index contributed by atoms with van der Waals surface area (Å²) >= 11 is 6.71. The van der Waals surface area contributed by atoms with Gasteiger partial charge in [0.25, 0.3) is 0 Å². The number of hydrogen-bond acceptors (Lipinski definition) is 3. The maximum absolute atomic E-state index is 14.0. The molecule has 1 N–H and O–H groups in total. The van der Waals surface area contributed by atoms with Crippen molar-refractivity contribution in [2.45, 2.75) is 6.04 Å². The second-order valence-corrected chi connectivity index (χ2v) is 5.35. The standard InChI is InChI=1S/C11H11Br2FN4/c1-15-9(10-11(13)16-17-18(10)2)8-6(12)4-3-5-7(8)14/h3-5,9,15H,1-2H3. The van der Waals surface area contributed by atoms with E-state index in [2.05, 4.69) is 47.5 Å². The number of nitrogens with zero attached hydrogens (tertiary/aromatic N) is 3. The minimum Gasteiger partial charge on any atom is -0.308 e. The molecular formula is C11H11Br2FN4. The Morgan fingerprint density at radius 1 is 1.39 bits per heavy atom. The van der Waals surface area contributed by atoms with Crippen LogP contribution >= 0.6 is 31.9 Å². The first kappa shape index (κ1) is 13.6. The number of aromatic nitrogens is 3. The third-order valence-corrected chi connectivity index (χ3v) is 3.93. The van der Waals surface area contributed by atoms with Crippen LogP contribution in [0.25, 0.3) is 0 Å². The molecule has 4 nitrogen and oxygen atoms in total. The van der Waals surface area contributed by atoms with Gasteiger partial charge in [0.05, 0.1) is 11.7 Å². The van der Waals surface area contributed by atoms with Crippen LogP contribution in [0, 0.1) is 5.82 Å². The zero-order chi connectivity index (χ0) is 13.3. The highest BCUT2D eigenvalue weighted by Crippen LogP contribution is 2.32. The highest BCUT2D eigenvalue weighted by atomic mass is 79.9. The van der Waals surface area contributed by atoms with E-state index >= 15 is 0 Å². The summed E-state index contributed by atoms with van der Waals surface area (Å²) in [6, 6.07) is 4.56. The molecule has 1 aromatic carbocycles. The van der Waals surface area contributed by atoms with Crippen LogP contribution in [0.2, 0.25) is 0 Å². The summed E-state index contributed by atoms with van der Waals surface area (Å²) in [5, 5.41) is 10.9. The molecule has 0 spiro atoms. The van der Waals surface area contributed by atoms with Crippen molar-refractivity contribution in [3.63, 3.8) is 0 Å². The molecule has 0 bridgehead atoms. The average Bonchev–Trinajstić information content (AvgIpc) is 2.65. The number of halogens is 3. The van der Waals surface area contributed by atoms with Crippen LogP contribution in [0.1, 0.15) is 17.3 Å². The molecule has 96 valence electrons. The Bertz CT molecular complexity index is 530. The fraction of sp³-hybridized carbons (Fsp3) is 0.273. The number of benzene rings is 1. The topological polar surface area (TPSA) is 42.7 Å². The Balaban J connectivity index is 2.59. The first-order valence-corrected chi connectivity index (χ1v) is 6.81. The molecule has 1 unspecified atom stereocenters. The van der Waals surface area contributed by atoms with Gasteiger partial charge < -0.3 is 5.32 Å². The van der Waals surface area contributed by atoms with Crippen molar-refractivity contribution in [1.82, 2.24) is 20.3 Å². The number of aryl methyl sites for hydroxylation is 1. The molecule has 18 heavy (non-hydrogen) atoms. The summed E-state index contributed by atoms with van der Waals surface area (Å²) in [5.41, 5.74) is 1.30. The summed E-state index contributed by atoms with van der Waals surface area (Å²) in [4.78, 5) is 0. The monoisotopic (exact) mass is 376 g/mol. The molecule has 1 aromatic heterocycles. The number of hydrogen-bond donors (Lipinski definition) is 1. The zero-order valence-electron chi connectivity index (χ0n) is 9.78. The van der Waals surface area contributed by atoms with E-state index in [0.717, 1.165) is 5.69 Å². The molecule has 0 aliphatic heterocycles. The van der Waals surface area contributed by atoms with Crippen molar-refractivity contribution >= 4 is 31.9 Å². The predicted molar refractivity (Wildman–Crippen MR) is 73.7 cm³/mol. The summed E-state index contributed by atoms with van der Waals surface area (Å²) in [5.74, 6) is -0.281. The van der Waals surface area contributed by atoms with E-state index in [1.165, 1.54) is 6.07 Å². The first-order chi connectivity index (χ1) is 8.56. The van der Waals surface area contributed by atoms with Gasteiger partial charge in [-0.25, -0.2) is 9.07 Å². The van der Waals surface area contributed by atoms with Crippen LogP contribution in [-0.4, -0.2) is 22.0 Å². The Hall–Kier alpha value is -0.790. The van der Waals surface area contributed by atoms with Gasteiger partial charge in [0, 0.05) is 17.1 Å². The largest absolute Gasteiger partial charge is 0.308 e. The van der Waals surface area contributed by atoms with Crippen molar-refractivity contribution in [2.75, 3.05) is 7.05 Å². The summed E-state index contributed by atoms with van der Waals surface area (Å²) in [7, 11) is 3.54. The van der Waals surface area contributed by atoms with Gasteiger partial charge in [-0.2, -0.15) is 0 Å². The van der Waals surface area contributed by atoms with Gasteiger partial charge in [-0.05, 0) is 35.1 Å². The van der Waals surface area contributed by atoms with Crippen molar-refractivity contribution < 1.29 is 4.39 Å². The second-order valence-electron chi connectivity index (χ2n) is 3.75. The molecule has 0 saturated carbocycles. The van der Waals surface area contributed by atoms with Gasteiger partial charge in [-0.3, -0.25) is 0 Å². The van der Waals surface area contributed by atoms with Crippen LogP contribution in [0.4, 0.5) is 4.39 Å². The molecule has 1 heterocycles. The van der Waals surface area contributed by atoms with E-state index in [-0.39, 0.29) is 11.9 Å². The SMILES string of the molecule is CNC(c1c(F)cccc1Br)c1c(Br)nnn1C. The van der Waals surface area contributed by atoms with Gasteiger partial charge >= 0.3 is 0 Å². The van der Waals surface area contributed by atoms with Gasteiger partial charge in [0.2, 0.25) is 0 Å². The van der Waals surface area contributed by atoms with Gasteiger partial charge in [-0.15, -0.1) is 5.10 Å². The quantitative estimate of drug-likeness (QED) is 0.894. The van der Waals surface area contributed by atoms with Crippen LogP contribution in [0.5, 0.6) is 0 Å². The molecule has 0 amide bonds. The highest BCUT2D eigenvalue weighted by molar-refractivity contribution is 9.10. The van der Waals surface area contributed by atoms with Gasteiger partial charge in [0.15, 0.2) is 4.60 Å². The van der Waals surface area contributed by atoms with E-state index < -0.39 is 0 Å². The first-order valence-electron chi connectivity index (χ1n) is 5.22. The average molecular weight is 378 g/mol. The lowest BCUT2D eigenvalue weighted by molar-refractivity contribution is 0.546. The lowest BCUT2D eigenvalue weighted by Gasteiger charge is -2.19. The minimum absolute atomic E-state index is 0.281. The van der Waals surface area contributed by atoms with Crippen molar-refractivity contribution in [1.29, 1.82) is 0 Å². The van der Waals surface area contributed by atoms with Gasteiger partial charge in [-0.1, -0.05) is 27.2 Å². The molecule has 0 aliphatic carbocycles. The third-order valence-electron chi connectivity index (χ3n) is 2.68. The van der Waals surface area contributed by atoms with Crippen LogP contribution < -0.4 is 5.32 Å². The third kappa shape index (κ3) is 2.34. The van der Waals surface area contributed by atoms with E-state index in [9.17, 15) is 4.39 Å². The Labute approximate surface area is 121 Å². The zero-order valence-corrected chi connectivity index (χ0v) is 13.0.